The Morgan fingerprint density at radius 1 is 1.41 bits per heavy atom. The lowest BCUT2D eigenvalue weighted by atomic mass is 10.1. The second kappa shape index (κ2) is 4.84. The minimum atomic E-state index is 0.0425. The molecule has 1 N–H and O–H groups in total. The van der Waals surface area contributed by atoms with Gasteiger partial charge >= 0.3 is 0 Å². The van der Waals surface area contributed by atoms with Crippen LogP contribution in [0.2, 0.25) is 0 Å². The average Bonchev–Trinajstić information content (AvgIpc) is 2.67. The smallest absolute Gasteiger partial charge is 0.226 e. The van der Waals surface area contributed by atoms with Crippen molar-refractivity contribution in [1.29, 1.82) is 0 Å². The summed E-state index contributed by atoms with van der Waals surface area (Å²) >= 11 is 1.53. The number of carbonyl (C=O) groups is 1. The number of hydrogen-bond acceptors (Lipinski definition) is 3. The molecule has 1 aromatic carbocycles. The number of benzene rings is 1. The van der Waals surface area contributed by atoms with Crippen LogP contribution in [0.3, 0.4) is 0 Å². The lowest BCUT2D eigenvalue weighted by Crippen LogP contribution is -2.10. The van der Waals surface area contributed by atoms with E-state index in [0.717, 1.165) is 16.6 Å². The summed E-state index contributed by atoms with van der Waals surface area (Å²) < 4.78 is 1.12. The largest absolute Gasteiger partial charge is 0.302 e. The molecule has 0 saturated carbocycles. The van der Waals surface area contributed by atoms with Gasteiger partial charge in [-0.15, -0.1) is 0 Å². The molecule has 0 atom stereocenters. The molecule has 1 heterocycles. The van der Waals surface area contributed by atoms with Gasteiger partial charge < -0.3 is 5.32 Å². The number of aromatic nitrogens is 1. The maximum absolute atomic E-state index is 11.5. The van der Waals surface area contributed by atoms with Gasteiger partial charge in [-0.2, -0.15) is 0 Å². The van der Waals surface area contributed by atoms with Gasteiger partial charge in [0.05, 0.1) is 10.2 Å². The Kier molecular flexibility index (Phi) is 3.43. The molecular weight excluding hydrogens is 232 g/mol. The fourth-order valence-corrected chi connectivity index (χ4v) is 2.63. The molecule has 0 saturated heterocycles. The van der Waals surface area contributed by atoms with Crippen molar-refractivity contribution in [3.8, 4) is 0 Å². The molecule has 2 aromatic rings. The van der Waals surface area contributed by atoms with Crippen LogP contribution in [-0.4, -0.2) is 10.9 Å². The van der Waals surface area contributed by atoms with Crippen molar-refractivity contribution in [2.24, 2.45) is 0 Å². The zero-order chi connectivity index (χ0) is 12.4. The predicted molar refractivity (Wildman–Crippen MR) is 72.6 cm³/mol. The van der Waals surface area contributed by atoms with Crippen molar-refractivity contribution in [2.45, 2.75) is 33.6 Å². The molecule has 17 heavy (non-hydrogen) atoms. The first-order valence-corrected chi connectivity index (χ1v) is 6.60. The Morgan fingerprint density at radius 2 is 2.18 bits per heavy atom. The van der Waals surface area contributed by atoms with Crippen molar-refractivity contribution >= 4 is 32.6 Å². The van der Waals surface area contributed by atoms with Crippen LogP contribution in [-0.2, 0) is 4.79 Å². The first kappa shape index (κ1) is 12.0. The third-order valence-corrected chi connectivity index (χ3v) is 3.74. The summed E-state index contributed by atoms with van der Waals surface area (Å²) in [7, 11) is 0. The Labute approximate surface area is 105 Å². The SMILES string of the molecule is CCCC(=O)Nc1nc2c(C)c(C)ccc2s1. The van der Waals surface area contributed by atoms with Crippen LogP contribution in [0.5, 0.6) is 0 Å². The van der Waals surface area contributed by atoms with Crippen molar-refractivity contribution < 1.29 is 4.79 Å². The van der Waals surface area contributed by atoms with E-state index in [4.69, 9.17) is 0 Å². The number of carbonyl (C=O) groups excluding carboxylic acids is 1. The van der Waals surface area contributed by atoms with E-state index in [1.165, 1.54) is 22.5 Å². The number of thiazole rings is 1. The van der Waals surface area contributed by atoms with E-state index in [0.29, 0.717) is 11.6 Å². The number of nitrogens with zero attached hydrogens (tertiary/aromatic N) is 1. The summed E-state index contributed by atoms with van der Waals surface area (Å²) in [5.41, 5.74) is 3.42. The molecular formula is C13H16N2OS. The molecule has 0 aliphatic rings. The molecule has 0 spiro atoms. The van der Waals surface area contributed by atoms with E-state index in [9.17, 15) is 4.79 Å². The molecule has 3 nitrogen and oxygen atoms in total. The van der Waals surface area contributed by atoms with Gasteiger partial charge in [-0.05, 0) is 37.5 Å². The van der Waals surface area contributed by atoms with Gasteiger partial charge in [0.2, 0.25) is 5.91 Å². The van der Waals surface area contributed by atoms with Gasteiger partial charge in [0.15, 0.2) is 5.13 Å². The minimum absolute atomic E-state index is 0.0425. The second-order valence-electron chi connectivity index (χ2n) is 4.17. The van der Waals surface area contributed by atoms with E-state index in [1.807, 2.05) is 6.92 Å². The lowest BCUT2D eigenvalue weighted by molar-refractivity contribution is -0.116. The highest BCUT2D eigenvalue weighted by Crippen LogP contribution is 2.29. The summed E-state index contributed by atoms with van der Waals surface area (Å²) in [6.45, 7) is 6.13. The van der Waals surface area contributed by atoms with Gasteiger partial charge in [-0.1, -0.05) is 24.3 Å². The highest BCUT2D eigenvalue weighted by atomic mass is 32.1. The predicted octanol–water partition coefficient (Wildman–Crippen LogP) is 3.65. The summed E-state index contributed by atoms with van der Waals surface area (Å²) in [5, 5.41) is 3.55. The molecule has 0 fully saturated rings. The van der Waals surface area contributed by atoms with Gasteiger partial charge in [0.25, 0.3) is 0 Å². The zero-order valence-corrected chi connectivity index (χ0v) is 11.1. The summed E-state index contributed by atoms with van der Waals surface area (Å²) in [6, 6.07) is 4.15. The summed E-state index contributed by atoms with van der Waals surface area (Å²) in [5.74, 6) is 0.0425. The topological polar surface area (TPSA) is 42.0 Å². The molecule has 0 unspecified atom stereocenters. The monoisotopic (exact) mass is 248 g/mol. The van der Waals surface area contributed by atoms with Gasteiger partial charge in [0, 0.05) is 6.42 Å². The Morgan fingerprint density at radius 3 is 2.88 bits per heavy atom. The summed E-state index contributed by atoms with van der Waals surface area (Å²) in [6.07, 6.45) is 1.41. The van der Waals surface area contributed by atoms with Crippen molar-refractivity contribution in [3.63, 3.8) is 0 Å². The van der Waals surface area contributed by atoms with Crippen LogP contribution < -0.4 is 5.32 Å². The van der Waals surface area contributed by atoms with E-state index in [2.05, 4.69) is 36.3 Å². The van der Waals surface area contributed by atoms with E-state index in [1.54, 1.807) is 0 Å². The van der Waals surface area contributed by atoms with Gasteiger partial charge in [-0.25, -0.2) is 4.98 Å². The van der Waals surface area contributed by atoms with Crippen LogP contribution in [0.4, 0.5) is 5.13 Å². The maximum Gasteiger partial charge on any atom is 0.226 e. The Hall–Kier alpha value is -1.42. The molecule has 4 heteroatoms. The van der Waals surface area contributed by atoms with Gasteiger partial charge in [-0.3, -0.25) is 4.79 Å². The molecule has 1 amide bonds. The number of hydrogen-bond donors (Lipinski definition) is 1. The van der Waals surface area contributed by atoms with Gasteiger partial charge in [0.1, 0.15) is 0 Å². The minimum Gasteiger partial charge on any atom is -0.302 e. The number of fused-ring (bicyclic) bond motifs is 1. The molecule has 2 rings (SSSR count). The maximum atomic E-state index is 11.5. The van der Waals surface area contributed by atoms with E-state index >= 15 is 0 Å². The number of anilines is 1. The van der Waals surface area contributed by atoms with Crippen LogP contribution in [0.25, 0.3) is 10.2 Å². The van der Waals surface area contributed by atoms with Crippen molar-refractivity contribution in [1.82, 2.24) is 4.98 Å². The molecule has 0 radical (unpaired) electrons. The third-order valence-electron chi connectivity index (χ3n) is 2.81. The van der Waals surface area contributed by atoms with E-state index in [-0.39, 0.29) is 5.91 Å². The number of aryl methyl sites for hydroxylation is 2. The number of nitrogens with one attached hydrogen (secondary N) is 1. The summed E-state index contributed by atoms with van der Waals surface area (Å²) in [4.78, 5) is 16.0. The fourth-order valence-electron chi connectivity index (χ4n) is 1.69. The number of rotatable bonds is 3. The normalized spacial score (nSPS) is 10.8. The van der Waals surface area contributed by atoms with Crippen LogP contribution in [0, 0.1) is 13.8 Å². The Balaban J connectivity index is 2.32. The molecule has 0 aliphatic heterocycles. The number of amides is 1. The first-order valence-electron chi connectivity index (χ1n) is 5.78. The molecule has 0 bridgehead atoms. The second-order valence-corrected chi connectivity index (χ2v) is 5.20. The van der Waals surface area contributed by atoms with E-state index < -0.39 is 0 Å². The lowest BCUT2D eigenvalue weighted by Gasteiger charge is -1.98. The highest BCUT2D eigenvalue weighted by Gasteiger charge is 2.09. The van der Waals surface area contributed by atoms with Crippen molar-refractivity contribution in [2.75, 3.05) is 5.32 Å². The van der Waals surface area contributed by atoms with Crippen molar-refractivity contribution in [3.05, 3.63) is 23.3 Å². The fraction of sp³-hybridized carbons (Fsp3) is 0.385. The average molecular weight is 248 g/mol. The standard InChI is InChI=1S/C13H16N2OS/c1-4-5-11(16)14-13-15-12-9(3)8(2)6-7-10(12)17-13/h6-7H,4-5H2,1-3H3,(H,14,15,16). The highest BCUT2D eigenvalue weighted by molar-refractivity contribution is 7.22. The third kappa shape index (κ3) is 2.47. The quantitative estimate of drug-likeness (QED) is 0.900. The first-order chi connectivity index (χ1) is 8.11. The molecule has 0 aliphatic carbocycles. The zero-order valence-electron chi connectivity index (χ0n) is 10.3. The van der Waals surface area contributed by atoms with Crippen LogP contribution >= 0.6 is 11.3 Å². The molecule has 90 valence electrons. The Bertz CT molecular complexity index is 560. The van der Waals surface area contributed by atoms with Crippen LogP contribution in [0.15, 0.2) is 12.1 Å². The van der Waals surface area contributed by atoms with Crippen LogP contribution in [0.1, 0.15) is 30.9 Å². The molecule has 1 aromatic heterocycles.